The van der Waals surface area contributed by atoms with E-state index in [0.717, 1.165) is 17.0 Å². The van der Waals surface area contributed by atoms with Gasteiger partial charge in [0.15, 0.2) is 0 Å². The predicted molar refractivity (Wildman–Crippen MR) is 91.9 cm³/mol. The maximum atomic E-state index is 11.5. The number of nitrogens with zero attached hydrogens (tertiary/aromatic N) is 1. The Labute approximate surface area is 132 Å². The maximum absolute atomic E-state index is 11.5. The van der Waals surface area contributed by atoms with Crippen LogP contribution in [-0.4, -0.2) is 20.2 Å². The molecule has 5 heteroatoms. The van der Waals surface area contributed by atoms with Crippen molar-refractivity contribution in [2.24, 2.45) is 0 Å². The molecule has 0 radical (unpaired) electrons. The van der Waals surface area contributed by atoms with Crippen LogP contribution >= 0.6 is 11.6 Å². The lowest BCUT2D eigenvalue weighted by Crippen LogP contribution is -2.43. The summed E-state index contributed by atoms with van der Waals surface area (Å²) in [6, 6.07) is 5.85. The van der Waals surface area contributed by atoms with Crippen molar-refractivity contribution in [3.63, 3.8) is 0 Å². The first-order valence-corrected chi connectivity index (χ1v) is 10.4. The highest BCUT2D eigenvalue weighted by molar-refractivity contribution is 6.74. The first-order chi connectivity index (χ1) is 9.62. The van der Waals surface area contributed by atoms with Crippen molar-refractivity contribution in [1.82, 2.24) is 0 Å². The lowest BCUT2D eigenvalue weighted by Gasteiger charge is -2.37. The largest absolute Gasteiger partial charge is 0.543 e. The van der Waals surface area contributed by atoms with Crippen LogP contribution in [0.3, 0.4) is 0 Å². The third-order valence-electron chi connectivity index (χ3n) is 4.27. The number of benzene rings is 1. The SMILES string of the molecule is CC(C)(C)[Si](C)(C)Oc1ccc2c(c1)N(C(=O)Cl)CC=C2. The van der Waals surface area contributed by atoms with Gasteiger partial charge in [-0.25, -0.2) is 0 Å². The van der Waals surface area contributed by atoms with Gasteiger partial charge < -0.3 is 4.43 Å². The number of rotatable bonds is 2. The molecule has 1 aliphatic rings. The molecule has 0 atom stereocenters. The van der Waals surface area contributed by atoms with Gasteiger partial charge in [-0.1, -0.05) is 32.9 Å². The van der Waals surface area contributed by atoms with Crippen molar-refractivity contribution in [1.29, 1.82) is 0 Å². The lowest BCUT2D eigenvalue weighted by atomic mass is 10.1. The molecule has 0 saturated heterocycles. The normalized spacial score (nSPS) is 14.9. The monoisotopic (exact) mass is 323 g/mol. The molecule has 0 aromatic heterocycles. The second kappa shape index (κ2) is 5.50. The van der Waals surface area contributed by atoms with Crippen molar-refractivity contribution in [2.45, 2.75) is 38.9 Å². The number of halogens is 1. The Hall–Kier alpha value is -1.26. The van der Waals surface area contributed by atoms with Crippen LogP contribution in [0.2, 0.25) is 18.1 Å². The summed E-state index contributed by atoms with van der Waals surface area (Å²) in [5, 5.41) is -0.338. The van der Waals surface area contributed by atoms with E-state index < -0.39 is 13.7 Å². The molecule has 0 unspecified atom stereocenters. The Balaban J connectivity index is 2.35. The fourth-order valence-electron chi connectivity index (χ4n) is 1.96. The number of amides is 1. The van der Waals surface area contributed by atoms with Crippen LogP contribution in [0.1, 0.15) is 26.3 Å². The third kappa shape index (κ3) is 3.32. The topological polar surface area (TPSA) is 29.5 Å². The van der Waals surface area contributed by atoms with E-state index in [0.29, 0.717) is 6.54 Å². The molecule has 1 heterocycles. The van der Waals surface area contributed by atoms with Gasteiger partial charge in [0, 0.05) is 12.6 Å². The summed E-state index contributed by atoms with van der Waals surface area (Å²) >= 11 is 5.66. The molecule has 114 valence electrons. The Morgan fingerprint density at radius 2 is 2.00 bits per heavy atom. The van der Waals surface area contributed by atoms with Crippen LogP contribution in [0.25, 0.3) is 6.08 Å². The smallest absolute Gasteiger partial charge is 0.321 e. The molecule has 1 aliphatic heterocycles. The minimum Gasteiger partial charge on any atom is -0.543 e. The standard InChI is InChI=1S/C16H22ClNO2Si/c1-16(2,3)21(4,5)20-13-9-8-12-7-6-10-18(15(17)19)14(12)11-13/h6-9,11H,10H2,1-5H3. The van der Waals surface area contributed by atoms with E-state index in [1.165, 1.54) is 0 Å². The molecule has 1 aromatic rings. The molecule has 0 saturated carbocycles. The lowest BCUT2D eigenvalue weighted by molar-refractivity contribution is 0.264. The summed E-state index contributed by atoms with van der Waals surface area (Å²) in [6.07, 6.45) is 3.93. The minimum absolute atomic E-state index is 0.130. The average Bonchev–Trinajstić information content (AvgIpc) is 2.35. The Kier molecular flexibility index (Phi) is 4.22. The van der Waals surface area contributed by atoms with Crippen LogP contribution < -0.4 is 9.33 Å². The summed E-state index contributed by atoms with van der Waals surface area (Å²) in [5.74, 6) is 0.804. The molecule has 1 amide bonds. The first kappa shape index (κ1) is 16.1. The van der Waals surface area contributed by atoms with E-state index in [-0.39, 0.29) is 5.04 Å². The molecule has 0 bridgehead atoms. The Bertz CT molecular complexity index is 590. The van der Waals surface area contributed by atoms with Gasteiger partial charge in [0.25, 0.3) is 0 Å². The second-order valence-electron chi connectivity index (χ2n) is 6.85. The third-order valence-corrected chi connectivity index (χ3v) is 8.83. The van der Waals surface area contributed by atoms with Gasteiger partial charge in [-0.15, -0.1) is 0 Å². The van der Waals surface area contributed by atoms with Gasteiger partial charge in [-0.3, -0.25) is 9.69 Å². The number of anilines is 1. The highest BCUT2D eigenvalue weighted by Gasteiger charge is 2.39. The zero-order chi connectivity index (χ0) is 15.8. The van der Waals surface area contributed by atoms with Crippen LogP contribution in [0.15, 0.2) is 24.3 Å². The zero-order valence-electron chi connectivity index (χ0n) is 13.2. The minimum atomic E-state index is -1.89. The van der Waals surface area contributed by atoms with Gasteiger partial charge in [0.1, 0.15) is 5.75 Å². The summed E-state index contributed by atoms with van der Waals surface area (Å²) in [6.45, 7) is 11.5. The summed E-state index contributed by atoms with van der Waals surface area (Å²) in [5.41, 5.74) is 1.80. The second-order valence-corrected chi connectivity index (χ2v) is 11.9. The first-order valence-electron chi connectivity index (χ1n) is 7.08. The quantitative estimate of drug-likeness (QED) is 0.422. The summed E-state index contributed by atoms with van der Waals surface area (Å²) in [4.78, 5) is 13.1. The molecule has 3 nitrogen and oxygen atoms in total. The number of carbonyl (C=O) groups is 1. The van der Waals surface area contributed by atoms with E-state index in [4.69, 9.17) is 16.0 Å². The van der Waals surface area contributed by atoms with E-state index in [9.17, 15) is 4.79 Å². The number of hydrogen-bond donors (Lipinski definition) is 0. The predicted octanol–water partition coefficient (Wildman–Crippen LogP) is 5.26. The Morgan fingerprint density at radius 3 is 2.57 bits per heavy atom. The van der Waals surface area contributed by atoms with Crippen molar-refractivity contribution in [2.75, 3.05) is 11.4 Å². The van der Waals surface area contributed by atoms with Crippen molar-refractivity contribution < 1.29 is 9.22 Å². The number of carbonyl (C=O) groups excluding carboxylic acids is 1. The fourth-order valence-corrected chi connectivity index (χ4v) is 3.14. The molecular weight excluding hydrogens is 302 g/mol. The molecule has 2 rings (SSSR count). The van der Waals surface area contributed by atoms with Gasteiger partial charge in [-0.05, 0) is 47.4 Å². The maximum Gasteiger partial charge on any atom is 0.321 e. The zero-order valence-corrected chi connectivity index (χ0v) is 15.0. The van der Waals surface area contributed by atoms with E-state index >= 15 is 0 Å². The summed E-state index contributed by atoms with van der Waals surface area (Å²) in [7, 11) is -1.89. The van der Waals surface area contributed by atoms with E-state index in [2.05, 4.69) is 33.9 Å². The molecule has 0 aliphatic carbocycles. The van der Waals surface area contributed by atoms with E-state index in [1.54, 1.807) is 4.90 Å². The number of fused-ring (bicyclic) bond motifs is 1. The van der Waals surface area contributed by atoms with Gasteiger partial charge in [0.2, 0.25) is 8.32 Å². The summed E-state index contributed by atoms with van der Waals surface area (Å²) < 4.78 is 6.29. The van der Waals surface area contributed by atoms with Gasteiger partial charge >= 0.3 is 5.37 Å². The van der Waals surface area contributed by atoms with Crippen LogP contribution in [0, 0.1) is 0 Å². The van der Waals surface area contributed by atoms with Gasteiger partial charge in [-0.2, -0.15) is 0 Å². The highest BCUT2D eigenvalue weighted by atomic mass is 35.5. The molecular formula is C16H22ClNO2Si. The molecule has 1 aromatic carbocycles. The van der Waals surface area contributed by atoms with Crippen LogP contribution in [0.5, 0.6) is 5.75 Å². The van der Waals surface area contributed by atoms with Crippen molar-refractivity contribution >= 4 is 37.0 Å². The molecule has 21 heavy (non-hydrogen) atoms. The van der Waals surface area contributed by atoms with Crippen LogP contribution in [-0.2, 0) is 0 Å². The van der Waals surface area contributed by atoms with Crippen molar-refractivity contribution in [3.8, 4) is 5.75 Å². The number of hydrogen-bond acceptors (Lipinski definition) is 2. The fraction of sp³-hybridized carbons (Fsp3) is 0.438. The van der Waals surface area contributed by atoms with Gasteiger partial charge in [0.05, 0.1) is 5.69 Å². The average molecular weight is 324 g/mol. The van der Waals surface area contributed by atoms with E-state index in [1.807, 2.05) is 30.4 Å². The van der Waals surface area contributed by atoms with Crippen molar-refractivity contribution in [3.05, 3.63) is 29.8 Å². The molecule has 0 N–H and O–H groups in total. The Morgan fingerprint density at radius 1 is 1.33 bits per heavy atom. The highest BCUT2D eigenvalue weighted by Crippen LogP contribution is 2.39. The molecule has 0 fully saturated rings. The van der Waals surface area contributed by atoms with Crippen LogP contribution in [0.4, 0.5) is 10.5 Å². The molecule has 0 spiro atoms.